The standard InChI is InChI=1S/C19H17N3O5/c1-2-26-18-10-13(3-8-17(18)27-12-19(21)23)9-15(11-20)14-4-6-16(7-5-14)22(24)25/h3-10H,2,12H2,1H3,(H2,21,23)/b15-9-. The fourth-order valence-corrected chi connectivity index (χ4v) is 2.26. The molecule has 8 nitrogen and oxygen atoms in total. The number of nitrogens with two attached hydrogens (primary N) is 1. The smallest absolute Gasteiger partial charge is 0.269 e. The van der Waals surface area contributed by atoms with Gasteiger partial charge in [0, 0.05) is 12.1 Å². The van der Waals surface area contributed by atoms with Gasteiger partial charge in [-0.3, -0.25) is 14.9 Å². The van der Waals surface area contributed by atoms with Crippen LogP contribution < -0.4 is 15.2 Å². The number of primary amides is 1. The van der Waals surface area contributed by atoms with Crippen LogP contribution in [0.1, 0.15) is 18.1 Å². The number of non-ortho nitro benzene ring substituents is 1. The molecule has 8 heteroatoms. The highest BCUT2D eigenvalue weighted by atomic mass is 16.6. The summed E-state index contributed by atoms with van der Waals surface area (Å²) >= 11 is 0. The van der Waals surface area contributed by atoms with Crippen molar-refractivity contribution in [1.82, 2.24) is 0 Å². The number of nitro benzene ring substituents is 1. The van der Waals surface area contributed by atoms with Gasteiger partial charge in [0.15, 0.2) is 18.1 Å². The van der Waals surface area contributed by atoms with Crippen molar-refractivity contribution >= 4 is 23.2 Å². The number of nitriles is 1. The molecule has 2 rings (SSSR count). The molecule has 0 radical (unpaired) electrons. The third-order valence-electron chi connectivity index (χ3n) is 3.46. The van der Waals surface area contributed by atoms with E-state index in [0.717, 1.165) is 0 Å². The summed E-state index contributed by atoms with van der Waals surface area (Å²) in [5, 5.41) is 20.2. The van der Waals surface area contributed by atoms with Gasteiger partial charge in [0.25, 0.3) is 11.6 Å². The molecule has 27 heavy (non-hydrogen) atoms. The number of carbonyl (C=O) groups excluding carboxylic acids is 1. The van der Waals surface area contributed by atoms with Crippen molar-refractivity contribution in [2.45, 2.75) is 6.92 Å². The van der Waals surface area contributed by atoms with Crippen LogP contribution >= 0.6 is 0 Å². The van der Waals surface area contributed by atoms with Gasteiger partial charge in [-0.25, -0.2) is 0 Å². The zero-order valence-corrected chi connectivity index (χ0v) is 14.5. The van der Waals surface area contributed by atoms with Crippen molar-refractivity contribution in [3.63, 3.8) is 0 Å². The number of hydrogen-bond donors (Lipinski definition) is 1. The Morgan fingerprint density at radius 2 is 1.93 bits per heavy atom. The second kappa shape index (κ2) is 9.01. The summed E-state index contributed by atoms with van der Waals surface area (Å²) in [4.78, 5) is 21.1. The summed E-state index contributed by atoms with van der Waals surface area (Å²) in [5.41, 5.74) is 6.58. The molecule has 2 aromatic carbocycles. The van der Waals surface area contributed by atoms with Gasteiger partial charge in [-0.2, -0.15) is 5.26 Å². The minimum absolute atomic E-state index is 0.0503. The van der Waals surface area contributed by atoms with Crippen LogP contribution in [0.4, 0.5) is 5.69 Å². The summed E-state index contributed by atoms with van der Waals surface area (Å²) in [7, 11) is 0. The molecule has 0 heterocycles. The second-order valence-corrected chi connectivity index (χ2v) is 5.37. The fourth-order valence-electron chi connectivity index (χ4n) is 2.26. The number of rotatable bonds is 8. The van der Waals surface area contributed by atoms with Gasteiger partial charge in [-0.15, -0.1) is 0 Å². The average molecular weight is 367 g/mol. The molecule has 0 saturated heterocycles. The highest BCUT2D eigenvalue weighted by Crippen LogP contribution is 2.30. The number of amides is 1. The lowest BCUT2D eigenvalue weighted by Gasteiger charge is -2.11. The molecule has 0 aliphatic heterocycles. The van der Waals surface area contributed by atoms with Crippen molar-refractivity contribution in [2.75, 3.05) is 13.2 Å². The van der Waals surface area contributed by atoms with Gasteiger partial charge in [0.2, 0.25) is 0 Å². The number of hydrogen-bond acceptors (Lipinski definition) is 6. The molecule has 0 spiro atoms. The number of ether oxygens (including phenoxy) is 2. The number of nitro groups is 1. The molecule has 0 fully saturated rings. The van der Waals surface area contributed by atoms with E-state index in [-0.39, 0.29) is 12.3 Å². The Kier molecular flexibility index (Phi) is 6.49. The van der Waals surface area contributed by atoms with E-state index in [1.165, 1.54) is 24.3 Å². The number of nitrogens with zero attached hydrogens (tertiary/aromatic N) is 2. The Labute approximate surface area is 155 Å². The summed E-state index contributed by atoms with van der Waals surface area (Å²) in [5.74, 6) is 0.168. The Morgan fingerprint density at radius 3 is 2.48 bits per heavy atom. The van der Waals surface area contributed by atoms with Gasteiger partial charge in [-0.1, -0.05) is 6.07 Å². The first-order chi connectivity index (χ1) is 12.9. The van der Waals surface area contributed by atoms with Crippen molar-refractivity contribution in [2.24, 2.45) is 5.73 Å². The molecule has 1 amide bonds. The molecule has 138 valence electrons. The molecule has 0 unspecified atom stereocenters. The minimum atomic E-state index is -0.605. The van der Waals surface area contributed by atoms with E-state index in [9.17, 15) is 20.2 Å². The van der Waals surface area contributed by atoms with E-state index in [1.807, 2.05) is 0 Å². The van der Waals surface area contributed by atoms with Crippen LogP contribution in [0.15, 0.2) is 42.5 Å². The summed E-state index contributed by atoms with van der Waals surface area (Å²) in [6, 6.07) is 12.8. The highest BCUT2D eigenvalue weighted by molar-refractivity contribution is 5.90. The Balaban J connectivity index is 2.34. The molecular weight excluding hydrogens is 350 g/mol. The van der Waals surface area contributed by atoms with Crippen molar-refractivity contribution in [3.05, 3.63) is 63.7 Å². The Morgan fingerprint density at radius 1 is 1.22 bits per heavy atom. The highest BCUT2D eigenvalue weighted by Gasteiger charge is 2.10. The lowest BCUT2D eigenvalue weighted by molar-refractivity contribution is -0.384. The molecular formula is C19H17N3O5. The topological polar surface area (TPSA) is 128 Å². The van der Waals surface area contributed by atoms with Crippen molar-refractivity contribution in [1.29, 1.82) is 5.26 Å². The first-order valence-corrected chi connectivity index (χ1v) is 7.99. The van der Waals surface area contributed by atoms with Gasteiger partial charge in [0.05, 0.1) is 23.2 Å². The van der Waals surface area contributed by atoms with Crippen LogP contribution in [0.25, 0.3) is 11.6 Å². The van der Waals surface area contributed by atoms with E-state index < -0.39 is 10.8 Å². The molecule has 0 bridgehead atoms. The molecule has 0 aliphatic carbocycles. The Bertz CT molecular complexity index is 914. The van der Waals surface area contributed by atoms with Gasteiger partial charge >= 0.3 is 0 Å². The van der Waals surface area contributed by atoms with Crippen LogP contribution in [0, 0.1) is 21.4 Å². The molecule has 0 atom stereocenters. The van der Waals surface area contributed by atoms with Crippen LogP contribution in [0.3, 0.4) is 0 Å². The van der Waals surface area contributed by atoms with Crippen molar-refractivity contribution < 1.29 is 19.2 Å². The van der Waals surface area contributed by atoms with Crippen LogP contribution in [-0.4, -0.2) is 24.0 Å². The molecule has 2 aromatic rings. The lowest BCUT2D eigenvalue weighted by Crippen LogP contribution is -2.20. The Hall–Kier alpha value is -3.86. The SMILES string of the molecule is CCOc1cc(/C=C(/C#N)c2ccc([N+](=O)[O-])cc2)ccc1OCC(N)=O. The monoisotopic (exact) mass is 367 g/mol. The quantitative estimate of drug-likeness (QED) is 0.330. The first kappa shape index (κ1) is 19.5. The van der Waals surface area contributed by atoms with Crippen molar-refractivity contribution in [3.8, 4) is 17.6 Å². The summed E-state index contributed by atoms with van der Waals surface area (Å²) in [6.45, 7) is 1.91. The van der Waals surface area contributed by atoms with E-state index in [0.29, 0.717) is 34.8 Å². The van der Waals surface area contributed by atoms with E-state index in [2.05, 4.69) is 6.07 Å². The van der Waals surface area contributed by atoms with Crippen LogP contribution in [-0.2, 0) is 4.79 Å². The van der Waals surface area contributed by atoms with E-state index >= 15 is 0 Å². The number of allylic oxidation sites excluding steroid dienone is 1. The zero-order valence-electron chi connectivity index (χ0n) is 14.5. The number of carbonyl (C=O) groups is 1. The fraction of sp³-hybridized carbons (Fsp3) is 0.158. The molecule has 2 N–H and O–H groups in total. The third kappa shape index (κ3) is 5.31. The summed E-state index contributed by atoms with van der Waals surface area (Å²) in [6.07, 6.45) is 1.63. The maximum atomic E-state index is 10.9. The predicted molar refractivity (Wildman–Crippen MR) is 98.9 cm³/mol. The largest absolute Gasteiger partial charge is 0.490 e. The molecule has 0 saturated carbocycles. The lowest BCUT2D eigenvalue weighted by atomic mass is 10.0. The molecule has 0 aromatic heterocycles. The maximum Gasteiger partial charge on any atom is 0.269 e. The summed E-state index contributed by atoms with van der Waals surface area (Å²) < 4.78 is 10.8. The van der Waals surface area contributed by atoms with Crippen LogP contribution in [0.2, 0.25) is 0 Å². The third-order valence-corrected chi connectivity index (χ3v) is 3.46. The van der Waals surface area contributed by atoms with E-state index in [1.54, 1.807) is 31.2 Å². The second-order valence-electron chi connectivity index (χ2n) is 5.37. The van der Waals surface area contributed by atoms with Gasteiger partial charge in [-0.05, 0) is 48.4 Å². The predicted octanol–water partition coefficient (Wildman–Crippen LogP) is 2.92. The normalized spacial score (nSPS) is 10.7. The van der Waals surface area contributed by atoms with Gasteiger partial charge in [0.1, 0.15) is 0 Å². The number of benzene rings is 2. The first-order valence-electron chi connectivity index (χ1n) is 7.99. The minimum Gasteiger partial charge on any atom is -0.490 e. The molecule has 0 aliphatic rings. The van der Waals surface area contributed by atoms with Gasteiger partial charge < -0.3 is 15.2 Å². The van der Waals surface area contributed by atoms with Crippen LogP contribution in [0.5, 0.6) is 11.5 Å². The van der Waals surface area contributed by atoms with E-state index in [4.69, 9.17) is 15.2 Å². The maximum absolute atomic E-state index is 10.9. The average Bonchev–Trinajstić information content (AvgIpc) is 2.65. The zero-order chi connectivity index (χ0) is 19.8.